The molecule has 150 valence electrons. The fourth-order valence-corrected chi connectivity index (χ4v) is 2.96. The van der Waals surface area contributed by atoms with Gasteiger partial charge in [0.15, 0.2) is 0 Å². The van der Waals surface area contributed by atoms with Crippen LogP contribution in [0.4, 0.5) is 0 Å². The third kappa shape index (κ3) is 5.45. The number of hydrogen-bond donors (Lipinski definition) is 2. The van der Waals surface area contributed by atoms with Gasteiger partial charge in [0.25, 0.3) is 5.91 Å². The lowest BCUT2D eigenvalue weighted by Crippen LogP contribution is -2.49. The highest BCUT2D eigenvalue weighted by Crippen LogP contribution is 2.11. The van der Waals surface area contributed by atoms with Gasteiger partial charge in [-0.15, -0.1) is 0 Å². The van der Waals surface area contributed by atoms with Gasteiger partial charge in [0.05, 0.1) is 11.9 Å². The highest BCUT2D eigenvalue weighted by atomic mass is 35.5. The lowest BCUT2D eigenvalue weighted by atomic mass is 10.0. The van der Waals surface area contributed by atoms with Gasteiger partial charge in [-0.05, 0) is 42.3 Å². The van der Waals surface area contributed by atoms with Crippen molar-refractivity contribution in [2.45, 2.75) is 26.4 Å². The number of benzene rings is 2. The standard InChI is InChI=1S/C22H23ClN4O2/c1-15(2)20(26-21(28)17-8-10-18(23)11-9-17)22(29)24-12-16-13-25-27(14-16)19-6-4-3-5-7-19/h3-11,13-15,20H,12H2,1-2H3,(H,24,29)(H,26,28). The molecule has 0 bridgehead atoms. The summed E-state index contributed by atoms with van der Waals surface area (Å²) in [6, 6.07) is 15.6. The summed E-state index contributed by atoms with van der Waals surface area (Å²) in [6.45, 7) is 4.10. The van der Waals surface area contributed by atoms with Gasteiger partial charge in [0.1, 0.15) is 6.04 Å². The highest BCUT2D eigenvalue weighted by molar-refractivity contribution is 6.30. The van der Waals surface area contributed by atoms with Crippen LogP contribution in [0.2, 0.25) is 5.02 Å². The predicted molar refractivity (Wildman–Crippen MR) is 113 cm³/mol. The number of carbonyl (C=O) groups excluding carboxylic acids is 2. The summed E-state index contributed by atoms with van der Waals surface area (Å²) in [5, 5.41) is 10.6. The number of carbonyl (C=O) groups is 2. The van der Waals surface area contributed by atoms with Crippen LogP contribution < -0.4 is 10.6 Å². The molecule has 29 heavy (non-hydrogen) atoms. The van der Waals surface area contributed by atoms with Gasteiger partial charge >= 0.3 is 0 Å². The largest absolute Gasteiger partial charge is 0.350 e. The maximum absolute atomic E-state index is 12.7. The van der Waals surface area contributed by atoms with Crippen LogP contribution in [-0.2, 0) is 11.3 Å². The van der Waals surface area contributed by atoms with Crippen molar-refractivity contribution in [2.75, 3.05) is 0 Å². The molecule has 2 amide bonds. The van der Waals surface area contributed by atoms with E-state index in [0.29, 0.717) is 17.1 Å². The minimum absolute atomic E-state index is 0.0710. The van der Waals surface area contributed by atoms with Crippen molar-refractivity contribution in [2.24, 2.45) is 5.92 Å². The number of hydrogen-bond acceptors (Lipinski definition) is 3. The molecule has 0 aliphatic carbocycles. The molecule has 6 nitrogen and oxygen atoms in total. The maximum atomic E-state index is 12.7. The van der Waals surface area contributed by atoms with Gasteiger partial charge < -0.3 is 10.6 Å². The number of nitrogens with one attached hydrogen (secondary N) is 2. The molecular weight excluding hydrogens is 388 g/mol. The lowest BCUT2D eigenvalue weighted by Gasteiger charge is -2.21. The minimum atomic E-state index is -0.651. The van der Waals surface area contributed by atoms with Crippen molar-refractivity contribution in [3.05, 3.63) is 83.1 Å². The first-order valence-electron chi connectivity index (χ1n) is 9.37. The fourth-order valence-electron chi connectivity index (χ4n) is 2.83. The summed E-state index contributed by atoms with van der Waals surface area (Å²) in [7, 11) is 0. The Morgan fingerprint density at radius 2 is 1.76 bits per heavy atom. The van der Waals surface area contributed by atoms with E-state index in [1.165, 1.54) is 0 Å². The molecule has 3 aromatic rings. The summed E-state index contributed by atoms with van der Waals surface area (Å²) in [4.78, 5) is 25.1. The van der Waals surface area contributed by atoms with Gasteiger partial charge in [-0.25, -0.2) is 4.68 Å². The van der Waals surface area contributed by atoms with Crippen molar-refractivity contribution in [3.63, 3.8) is 0 Å². The molecule has 1 atom stereocenters. The van der Waals surface area contributed by atoms with Gasteiger partial charge in [-0.1, -0.05) is 43.6 Å². The average molecular weight is 411 g/mol. The van der Waals surface area contributed by atoms with Crippen LogP contribution in [0.5, 0.6) is 0 Å². The highest BCUT2D eigenvalue weighted by Gasteiger charge is 2.24. The van der Waals surface area contributed by atoms with Crippen molar-refractivity contribution in [1.82, 2.24) is 20.4 Å². The van der Waals surface area contributed by atoms with Crippen LogP contribution in [-0.4, -0.2) is 27.6 Å². The smallest absolute Gasteiger partial charge is 0.251 e. The summed E-state index contributed by atoms with van der Waals surface area (Å²) >= 11 is 5.86. The summed E-state index contributed by atoms with van der Waals surface area (Å²) in [5.74, 6) is -0.625. The summed E-state index contributed by atoms with van der Waals surface area (Å²) < 4.78 is 1.75. The molecule has 2 aromatic carbocycles. The van der Waals surface area contributed by atoms with E-state index in [9.17, 15) is 9.59 Å². The van der Waals surface area contributed by atoms with Gasteiger partial charge in [-0.2, -0.15) is 5.10 Å². The van der Waals surface area contributed by atoms with Crippen LogP contribution in [0.15, 0.2) is 67.0 Å². The van der Waals surface area contributed by atoms with E-state index in [1.807, 2.05) is 50.4 Å². The van der Waals surface area contributed by atoms with Crippen molar-refractivity contribution in [3.8, 4) is 5.69 Å². The number of amides is 2. The van der Waals surface area contributed by atoms with E-state index in [2.05, 4.69) is 15.7 Å². The molecule has 1 unspecified atom stereocenters. The molecule has 0 radical (unpaired) electrons. The van der Waals surface area contributed by atoms with E-state index in [-0.39, 0.29) is 17.7 Å². The molecule has 0 fully saturated rings. The topological polar surface area (TPSA) is 76.0 Å². The quantitative estimate of drug-likeness (QED) is 0.624. The molecule has 1 heterocycles. The zero-order chi connectivity index (χ0) is 20.8. The first-order valence-corrected chi connectivity index (χ1v) is 9.75. The Labute approximate surface area is 174 Å². The van der Waals surface area contributed by atoms with Crippen LogP contribution in [0.1, 0.15) is 29.8 Å². The molecule has 0 saturated heterocycles. The van der Waals surface area contributed by atoms with E-state index in [0.717, 1.165) is 11.3 Å². The summed E-state index contributed by atoms with van der Waals surface area (Å²) in [5.41, 5.74) is 2.27. The molecule has 7 heteroatoms. The number of aromatic nitrogens is 2. The molecule has 0 spiro atoms. The molecule has 2 N–H and O–H groups in total. The normalized spacial score (nSPS) is 11.9. The molecule has 3 rings (SSSR count). The lowest BCUT2D eigenvalue weighted by molar-refractivity contribution is -0.124. The van der Waals surface area contributed by atoms with Crippen molar-refractivity contribution in [1.29, 1.82) is 0 Å². The van der Waals surface area contributed by atoms with Crippen LogP contribution >= 0.6 is 11.6 Å². The van der Waals surface area contributed by atoms with Crippen LogP contribution in [0, 0.1) is 5.92 Å². The van der Waals surface area contributed by atoms with E-state index >= 15 is 0 Å². The molecule has 1 aromatic heterocycles. The SMILES string of the molecule is CC(C)C(NC(=O)c1ccc(Cl)cc1)C(=O)NCc1cnn(-c2ccccc2)c1. The predicted octanol–water partition coefficient (Wildman–Crippen LogP) is 3.60. The Balaban J connectivity index is 1.60. The average Bonchev–Trinajstić information content (AvgIpc) is 3.20. The second-order valence-corrected chi connectivity index (χ2v) is 7.48. The Morgan fingerprint density at radius 1 is 1.07 bits per heavy atom. The monoisotopic (exact) mass is 410 g/mol. The van der Waals surface area contributed by atoms with Gasteiger partial charge in [0, 0.05) is 28.9 Å². The van der Waals surface area contributed by atoms with E-state index < -0.39 is 6.04 Å². The Hall–Kier alpha value is -3.12. The number of rotatable bonds is 7. The Kier molecular flexibility index (Phi) is 6.67. The maximum Gasteiger partial charge on any atom is 0.251 e. The van der Waals surface area contributed by atoms with Gasteiger partial charge in [-0.3, -0.25) is 9.59 Å². The fraction of sp³-hybridized carbons (Fsp3) is 0.227. The second kappa shape index (κ2) is 9.39. The molecule has 0 aliphatic rings. The van der Waals surface area contributed by atoms with E-state index in [4.69, 9.17) is 11.6 Å². The van der Waals surface area contributed by atoms with E-state index in [1.54, 1.807) is 35.1 Å². The Bertz CT molecular complexity index is 968. The molecule has 0 aliphatic heterocycles. The zero-order valence-corrected chi connectivity index (χ0v) is 17.1. The number of nitrogens with zero attached hydrogens (tertiary/aromatic N) is 2. The third-order valence-electron chi connectivity index (χ3n) is 4.47. The molecule has 0 saturated carbocycles. The Morgan fingerprint density at radius 3 is 2.41 bits per heavy atom. The van der Waals surface area contributed by atoms with Crippen molar-refractivity contribution < 1.29 is 9.59 Å². The van der Waals surface area contributed by atoms with Crippen LogP contribution in [0.3, 0.4) is 0 Å². The molecular formula is C22H23ClN4O2. The minimum Gasteiger partial charge on any atom is -0.350 e. The van der Waals surface area contributed by atoms with Crippen molar-refractivity contribution >= 4 is 23.4 Å². The third-order valence-corrected chi connectivity index (χ3v) is 4.72. The summed E-state index contributed by atoms with van der Waals surface area (Å²) in [6.07, 6.45) is 3.58. The number of para-hydroxylation sites is 1. The first-order chi connectivity index (χ1) is 13.9. The van der Waals surface area contributed by atoms with Gasteiger partial charge in [0.2, 0.25) is 5.91 Å². The second-order valence-electron chi connectivity index (χ2n) is 7.05. The zero-order valence-electron chi connectivity index (χ0n) is 16.3. The number of halogens is 1. The van der Waals surface area contributed by atoms with Crippen LogP contribution in [0.25, 0.3) is 5.69 Å². The first kappa shape index (κ1) is 20.6.